The minimum absolute atomic E-state index is 0.149. The largest absolute Gasteiger partial charge is 0.497 e. The molecular weight excluding hydrogens is 382 g/mol. The number of carbonyl (C=O) groups excluding carboxylic acids is 1. The Hall–Kier alpha value is -3.26. The number of aryl methyl sites for hydroxylation is 2. The summed E-state index contributed by atoms with van der Waals surface area (Å²) in [5.74, 6) is 0.612. The highest BCUT2D eigenvalue weighted by molar-refractivity contribution is 5.92. The molecule has 1 atom stereocenters. The number of hydrogen-bond acceptors (Lipinski definition) is 6. The number of nitrogens with zero attached hydrogens (tertiary/aromatic N) is 5. The van der Waals surface area contributed by atoms with E-state index in [2.05, 4.69) is 9.97 Å². The van der Waals surface area contributed by atoms with Gasteiger partial charge in [0.1, 0.15) is 11.4 Å². The van der Waals surface area contributed by atoms with Gasteiger partial charge in [0.15, 0.2) is 0 Å². The van der Waals surface area contributed by atoms with Crippen LogP contribution in [0.5, 0.6) is 5.75 Å². The van der Waals surface area contributed by atoms with E-state index in [1.165, 1.54) is 6.20 Å². The van der Waals surface area contributed by atoms with Crippen LogP contribution in [0.4, 0.5) is 0 Å². The molecule has 0 radical (unpaired) electrons. The number of aromatic nitrogens is 4. The number of rotatable bonds is 4. The summed E-state index contributed by atoms with van der Waals surface area (Å²) < 4.78 is 13.0. The van der Waals surface area contributed by atoms with Crippen LogP contribution in [0.3, 0.4) is 0 Å². The van der Waals surface area contributed by atoms with Gasteiger partial charge in [0, 0.05) is 30.1 Å². The highest BCUT2D eigenvalue weighted by atomic mass is 16.5. The zero-order valence-electron chi connectivity index (χ0n) is 17.6. The van der Waals surface area contributed by atoms with Crippen LogP contribution in [0.1, 0.15) is 39.2 Å². The molecule has 0 spiro atoms. The van der Waals surface area contributed by atoms with E-state index in [0.717, 1.165) is 34.1 Å². The number of carbonyl (C=O) groups is 1. The van der Waals surface area contributed by atoms with Crippen molar-refractivity contribution in [2.45, 2.75) is 26.8 Å². The summed E-state index contributed by atoms with van der Waals surface area (Å²) >= 11 is 0. The normalized spacial score (nSPS) is 16.5. The van der Waals surface area contributed by atoms with E-state index in [1.807, 2.05) is 54.6 Å². The molecule has 1 unspecified atom stereocenters. The highest BCUT2D eigenvalue weighted by Crippen LogP contribution is 2.32. The van der Waals surface area contributed by atoms with Gasteiger partial charge in [-0.1, -0.05) is 6.07 Å². The van der Waals surface area contributed by atoms with Crippen LogP contribution in [0.15, 0.2) is 36.7 Å². The zero-order chi connectivity index (χ0) is 21.3. The Balaban J connectivity index is 1.71. The number of methoxy groups -OCH3 is 1. The molecule has 1 aliphatic heterocycles. The second-order valence-electron chi connectivity index (χ2n) is 7.33. The molecule has 30 heavy (non-hydrogen) atoms. The maximum atomic E-state index is 13.2. The van der Waals surface area contributed by atoms with Crippen molar-refractivity contribution in [2.75, 3.05) is 26.9 Å². The highest BCUT2D eigenvalue weighted by Gasteiger charge is 2.34. The molecule has 0 N–H and O–H groups in total. The lowest BCUT2D eigenvalue weighted by molar-refractivity contribution is -0.00337. The predicted molar refractivity (Wildman–Crippen MR) is 111 cm³/mol. The van der Waals surface area contributed by atoms with Crippen LogP contribution in [0.25, 0.3) is 5.69 Å². The summed E-state index contributed by atoms with van der Waals surface area (Å²) in [6, 6.07) is 7.50. The molecule has 2 aromatic heterocycles. The van der Waals surface area contributed by atoms with Crippen LogP contribution in [0, 0.1) is 20.8 Å². The number of morpholine rings is 1. The quantitative estimate of drug-likeness (QED) is 0.661. The summed E-state index contributed by atoms with van der Waals surface area (Å²) in [5, 5.41) is 4.75. The molecule has 1 fully saturated rings. The van der Waals surface area contributed by atoms with Crippen LogP contribution < -0.4 is 4.74 Å². The van der Waals surface area contributed by atoms with Gasteiger partial charge in [0.25, 0.3) is 5.91 Å². The number of hydrogen-bond donors (Lipinski definition) is 0. The van der Waals surface area contributed by atoms with E-state index in [4.69, 9.17) is 14.6 Å². The standard InChI is InChI=1S/C22H25N5O3/c1-14-11-24-19(12-23-14)22(28)26-8-9-30-13-20(26)21-15(2)25-27(16(21)3)17-6-5-7-18(10-17)29-4/h5-7,10-12,20H,8-9,13H2,1-4H3. The van der Waals surface area contributed by atoms with Gasteiger partial charge in [-0.2, -0.15) is 5.10 Å². The summed E-state index contributed by atoms with van der Waals surface area (Å²) in [5.41, 5.74) is 4.83. The first-order valence-electron chi connectivity index (χ1n) is 9.87. The molecule has 0 saturated carbocycles. The van der Waals surface area contributed by atoms with Crippen LogP contribution in [0.2, 0.25) is 0 Å². The molecule has 3 heterocycles. The van der Waals surface area contributed by atoms with Crippen LogP contribution in [-0.4, -0.2) is 57.4 Å². The van der Waals surface area contributed by atoms with Crippen molar-refractivity contribution in [1.29, 1.82) is 0 Å². The van der Waals surface area contributed by atoms with E-state index < -0.39 is 0 Å². The van der Waals surface area contributed by atoms with Crippen LogP contribution >= 0.6 is 0 Å². The summed E-state index contributed by atoms with van der Waals surface area (Å²) in [6.45, 7) is 7.21. The third-order valence-electron chi connectivity index (χ3n) is 5.37. The first kappa shape index (κ1) is 20.0. The minimum atomic E-state index is -0.242. The lowest BCUT2D eigenvalue weighted by Gasteiger charge is -2.35. The fraction of sp³-hybridized carbons (Fsp3) is 0.364. The van der Waals surface area contributed by atoms with Gasteiger partial charge >= 0.3 is 0 Å². The first-order chi connectivity index (χ1) is 14.5. The summed E-state index contributed by atoms with van der Waals surface area (Å²) in [7, 11) is 1.64. The fourth-order valence-electron chi connectivity index (χ4n) is 3.87. The van der Waals surface area contributed by atoms with Crippen molar-refractivity contribution in [3.05, 3.63) is 65.0 Å². The molecule has 156 valence electrons. The third-order valence-corrected chi connectivity index (χ3v) is 5.37. The number of amides is 1. The van der Waals surface area contributed by atoms with Crippen molar-refractivity contribution < 1.29 is 14.3 Å². The van der Waals surface area contributed by atoms with Gasteiger partial charge in [-0.3, -0.25) is 9.78 Å². The summed E-state index contributed by atoms with van der Waals surface area (Å²) in [4.78, 5) is 23.5. The molecular formula is C22H25N5O3. The molecule has 0 bridgehead atoms. The Morgan fingerprint density at radius 2 is 2.03 bits per heavy atom. The lowest BCUT2D eigenvalue weighted by Crippen LogP contribution is -2.44. The Morgan fingerprint density at radius 3 is 2.77 bits per heavy atom. The van der Waals surface area contributed by atoms with E-state index >= 15 is 0 Å². The third kappa shape index (κ3) is 3.66. The Kier molecular flexibility index (Phi) is 5.50. The lowest BCUT2D eigenvalue weighted by atomic mass is 10.0. The SMILES string of the molecule is COc1cccc(-n2nc(C)c(C3COCCN3C(=O)c3cnc(C)cn3)c2C)c1. The van der Waals surface area contributed by atoms with Gasteiger partial charge in [0.2, 0.25) is 0 Å². The smallest absolute Gasteiger partial charge is 0.274 e. The zero-order valence-corrected chi connectivity index (χ0v) is 17.6. The molecule has 1 aliphatic rings. The average Bonchev–Trinajstić information content (AvgIpc) is 3.07. The van der Waals surface area contributed by atoms with Crippen molar-refractivity contribution in [1.82, 2.24) is 24.6 Å². The van der Waals surface area contributed by atoms with Gasteiger partial charge in [-0.15, -0.1) is 0 Å². The second kappa shape index (κ2) is 8.23. The van der Waals surface area contributed by atoms with Crippen molar-refractivity contribution in [2.24, 2.45) is 0 Å². The molecule has 1 amide bonds. The van der Waals surface area contributed by atoms with Gasteiger partial charge in [-0.05, 0) is 32.9 Å². The van der Waals surface area contributed by atoms with Gasteiger partial charge < -0.3 is 14.4 Å². The van der Waals surface area contributed by atoms with Crippen molar-refractivity contribution in [3.8, 4) is 11.4 Å². The molecule has 8 nitrogen and oxygen atoms in total. The Morgan fingerprint density at radius 1 is 1.20 bits per heavy atom. The average molecular weight is 407 g/mol. The van der Waals surface area contributed by atoms with Crippen molar-refractivity contribution >= 4 is 5.91 Å². The first-order valence-corrected chi connectivity index (χ1v) is 9.87. The number of ether oxygens (including phenoxy) is 2. The minimum Gasteiger partial charge on any atom is -0.497 e. The molecule has 8 heteroatoms. The van der Waals surface area contributed by atoms with E-state index in [-0.39, 0.29) is 11.9 Å². The monoisotopic (exact) mass is 407 g/mol. The van der Waals surface area contributed by atoms with Crippen molar-refractivity contribution in [3.63, 3.8) is 0 Å². The van der Waals surface area contributed by atoms with E-state index in [1.54, 1.807) is 13.3 Å². The molecule has 1 aromatic carbocycles. The number of benzene rings is 1. The fourth-order valence-corrected chi connectivity index (χ4v) is 3.87. The van der Waals surface area contributed by atoms with E-state index in [9.17, 15) is 4.79 Å². The Labute approximate surface area is 175 Å². The maximum absolute atomic E-state index is 13.2. The molecule has 4 rings (SSSR count). The van der Waals surface area contributed by atoms with Gasteiger partial charge in [-0.25, -0.2) is 9.67 Å². The maximum Gasteiger partial charge on any atom is 0.274 e. The topological polar surface area (TPSA) is 82.4 Å². The van der Waals surface area contributed by atoms with E-state index in [0.29, 0.717) is 25.5 Å². The van der Waals surface area contributed by atoms with Gasteiger partial charge in [0.05, 0.1) is 49.6 Å². The summed E-state index contributed by atoms with van der Waals surface area (Å²) in [6.07, 6.45) is 3.14. The molecule has 3 aromatic rings. The molecule has 1 saturated heterocycles. The van der Waals surface area contributed by atoms with Crippen LogP contribution in [-0.2, 0) is 4.74 Å². The molecule has 0 aliphatic carbocycles. The Bertz CT molecular complexity index is 1060. The second-order valence-corrected chi connectivity index (χ2v) is 7.33. The predicted octanol–water partition coefficient (Wildman–Crippen LogP) is 2.81.